The third-order valence-electron chi connectivity index (χ3n) is 2.94. The second kappa shape index (κ2) is 4.96. The van der Waals surface area contributed by atoms with E-state index in [1.165, 1.54) is 0 Å². The van der Waals surface area contributed by atoms with Crippen molar-refractivity contribution in [2.24, 2.45) is 7.05 Å². The van der Waals surface area contributed by atoms with Crippen molar-refractivity contribution >= 4 is 10.9 Å². The fourth-order valence-corrected chi connectivity index (χ4v) is 1.92. The normalized spacial score (nSPS) is 12.6. The highest BCUT2D eigenvalue weighted by atomic mass is 16.3. The van der Waals surface area contributed by atoms with Crippen LogP contribution in [0.25, 0.3) is 10.9 Å². The molecule has 0 aliphatic heterocycles. The maximum Gasteiger partial charge on any atom is 0.143 e. The molecule has 0 aliphatic carbocycles. The average molecular weight is 268 g/mol. The number of rotatable bonds is 1. The number of aliphatic hydroxyl groups is 1. The van der Waals surface area contributed by atoms with Crippen LogP contribution < -0.4 is 0 Å². The van der Waals surface area contributed by atoms with Crippen LogP contribution in [0.15, 0.2) is 12.4 Å². The van der Waals surface area contributed by atoms with Crippen LogP contribution in [0, 0.1) is 23.2 Å². The molecule has 0 aliphatic rings. The topological polar surface area (TPSA) is 74.7 Å². The third kappa shape index (κ3) is 2.64. The molecule has 2 heterocycles. The number of hydrogen-bond acceptors (Lipinski definition) is 4. The number of hydrogen-bond donors (Lipinski definition) is 1. The first-order valence-electron chi connectivity index (χ1n) is 6.29. The molecule has 0 fully saturated rings. The first-order valence-corrected chi connectivity index (χ1v) is 6.29. The molecule has 20 heavy (non-hydrogen) atoms. The van der Waals surface area contributed by atoms with Gasteiger partial charge in [0.05, 0.1) is 23.7 Å². The van der Waals surface area contributed by atoms with E-state index in [0.717, 1.165) is 16.5 Å². The van der Waals surface area contributed by atoms with Crippen LogP contribution in [-0.4, -0.2) is 25.5 Å². The van der Waals surface area contributed by atoms with Crippen molar-refractivity contribution in [2.75, 3.05) is 0 Å². The molecule has 2 aromatic heterocycles. The molecule has 1 N–H and O–H groups in total. The van der Waals surface area contributed by atoms with Crippen LogP contribution in [0.2, 0.25) is 0 Å². The summed E-state index contributed by atoms with van der Waals surface area (Å²) in [6.07, 6.45) is 3.37. The minimum absolute atomic E-state index is 0.293. The SMILES string of the molecule is CC(C#N)c1cncc2c1c(C#CC(C)(C)O)nn2C. The largest absolute Gasteiger partial charge is 0.378 e. The van der Waals surface area contributed by atoms with E-state index in [2.05, 4.69) is 28.0 Å². The second-order valence-corrected chi connectivity index (χ2v) is 5.25. The molecule has 2 aromatic rings. The Labute approximate surface area is 117 Å². The Hall–Kier alpha value is -2.37. The number of aryl methyl sites for hydroxylation is 1. The van der Waals surface area contributed by atoms with E-state index in [1.54, 1.807) is 38.0 Å². The van der Waals surface area contributed by atoms with E-state index in [0.29, 0.717) is 5.69 Å². The van der Waals surface area contributed by atoms with Gasteiger partial charge in [0.15, 0.2) is 0 Å². The van der Waals surface area contributed by atoms with Gasteiger partial charge in [0.1, 0.15) is 11.3 Å². The van der Waals surface area contributed by atoms with E-state index in [9.17, 15) is 5.11 Å². The van der Waals surface area contributed by atoms with E-state index in [4.69, 9.17) is 5.26 Å². The quantitative estimate of drug-likeness (QED) is 0.799. The molecule has 0 saturated heterocycles. The van der Waals surface area contributed by atoms with Gasteiger partial charge in [-0.05, 0) is 32.3 Å². The monoisotopic (exact) mass is 268 g/mol. The Kier molecular flexibility index (Phi) is 3.48. The third-order valence-corrected chi connectivity index (χ3v) is 2.94. The fourth-order valence-electron chi connectivity index (χ4n) is 1.92. The maximum atomic E-state index is 9.71. The van der Waals surface area contributed by atoms with E-state index in [-0.39, 0.29) is 5.92 Å². The van der Waals surface area contributed by atoms with Crippen LogP contribution in [0.5, 0.6) is 0 Å². The van der Waals surface area contributed by atoms with Gasteiger partial charge in [-0.25, -0.2) is 0 Å². The van der Waals surface area contributed by atoms with Gasteiger partial charge in [0.2, 0.25) is 0 Å². The van der Waals surface area contributed by atoms with Crippen LogP contribution in [0.1, 0.15) is 37.9 Å². The van der Waals surface area contributed by atoms with Gasteiger partial charge >= 0.3 is 0 Å². The first-order chi connectivity index (χ1) is 9.33. The molecule has 0 aromatic carbocycles. The van der Waals surface area contributed by atoms with E-state index >= 15 is 0 Å². The summed E-state index contributed by atoms with van der Waals surface area (Å²) in [4.78, 5) is 4.16. The zero-order valence-electron chi connectivity index (χ0n) is 12.0. The van der Waals surface area contributed by atoms with Gasteiger partial charge in [0, 0.05) is 18.6 Å². The van der Waals surface area contributed by atoms with Crippen molar-refractivity contribution in [3.05, 3.63) is 23.7 Å². The molecular formula is C15H16N4O. The Morgan fingerprint density at radius 2 is 2.10 bits per heavy atom. The van der Waals surface area contributed by atoms with E-state index in [1.807, 2.05) is 6.92 Å². The van der Waals surface area contributed by atoms with Gasteiger partial charge in [-0.1, -0.05) is 5.92 Å². The molecule has 0 amide bonds. The summed E-state index contributed by atoms with van der Waals surface area (Å²) < 4.78 is 1.68. The van der Waals surface area contributed by atoms with Crippen molar-refractivity contribution < 1.29 is 5.11 Å². The molecule has 2 rings (SSSR count). The zero-order valence-corrected chi connectivity index (χ0v) is 12.0. The van der Waals surface area contributed by atoms with Crippen molar-refractivity contribution in [2.45, 2.75) is 32.3 Å². The Balaban J connectivity index is 2.73. The molecule has 1 atom stereocenters. The highest BCUT2D eigenvalue weighted by Crippen LogP contribution is 2.26. The number of fused-ring (bicyclic) bond motifs is 1. The van der Waals surface area contributed by atoms with Crippen molar-refractivity contribution in [1.29, 1.82) is 5.26 Å². The number of pyridine rings is 1. The number of nitriles is 1. The Morgan fingerprint density at radius 3 is 2.70 bits per heavy atom. The standard InChI is InChI=1S/C15H16N4O/c1-10(7-16)11-8-17-9-13-14(11)12(18-19(13)4)5-6-15(2,3)20/h8-10,20H,1-4H3. The summed E-state index contributed by atoms with van der Waals surface area (Å²) in [6, 6.07) is 2.21. The molecule has 0 saturated carbocycles. The molecule has 0 spiro atoms. The lowest BCUT2D eigenvalue weighted by Gasteiger charge is -2.06. The molecule has 5 nitrogen and oxygen atoms in total. The van der Waals surface area contributed by atoms with Crippen LogP contribution in [0.4, 0.5) is 0 Å². The summed E-state index contributed by atoms with van der Waals surface area (Å²) >= 11 is 0. The lowest BCUT2D eigenvalue weighted by molar-refractivity contribution is 0.143. The van der Waals surface area contributed by atoms with Crippen LogP contribution in [-0.2, 0) is 7.05 Å². The highest BCUT2D eigenvalue weighted by molar-refractivity contribution is 5.87. The smallest absolute Gasteiger partial charge is 0.143 e. The summed E-state index contributed by atoms with van der Waals surface area (Å²) in [5, 5.41) is 24.0. The molecule has 1 unspecified atom stereocenters. The lowest BCUT2D eigenvalue weighted by Crippen LogP contribution is -2.14. The van der Waals surface area contributed by atoms with Gasteiger partial charge in [-0.3, -0.25) is 9.67 Å². The molecular weight excluding hydrogens is 252 g/mol. The van der Waals surface area contributed by atoms with Crippen LogP contribution >= 0.6 is 0 Å². The minimum atomic E-state index is -1.09. The summed E-state index contributed by atoms with van der Waals surface area (Å²) in [5.41, 5.74) is 1.10. The molecule has 0 radical (unpaired) electrons. The summed E-state index contributed by atoms with van der Waals surface area (Å²) in [7, 11) is 1.81. The first kappa shape index (κ1) is 14.0. The maximum absolute atomic E-state index is 9.71. The van der Waals surface area contributed by atoms with Gasteiger partial charge in [-0.2, -0.15) is 10.4 Å². The number of aromatic nitrogens is 3. The van der Waals surface area contributed by atoms with Crippen molar-refractivity contribution in [1.82, 2.24) is 14.8 Å². The van der Waals surface area contributed by atoms with Crippen LogP contribution in [0.3, 0.4) is 0 Å². The van der Waals surface area contributed by atoms with Gasteiger partial charge in [0.25, 0.3) is 0 Å². The lowest BCUT2D eigenvalue weighted by atomic mass is 9.99. The Bertz CT molecular complexity index is 750. The zero-order chi connectivity index (χ0) is 14.9. The van der Waals surface area contributed by atoms with E-state index < -0.39 is 5.60 Å². The molecule has 0 bridgehead atoms. The molecule has 5 heteroatoms. The average Bonchev–Trinajstić information content (AvgIpc) is 2.72. The highest BCUT2D eigenvalue weighted by Gasteiger charge is 2.16. The predicted octanol–water partition coefficient (Wildman–Crippen LogP) is 1.72. The minimum Gasteiger partial charge on any atom is -0.378 e. The summed E-state index contributed by atoms with van der Waals surface area (Å²) in [6.45, 7) is 5.05. The number of nitrogens with zero attached hydrogens (tertiary/aromatic N) is 4. The Morgan fingerprint density at radius 1 is 1.40 bits per heavy atom. The van der Waals surface area contributed by atoms with Gasteiger partial charge < -0.3 is 5.11 Å². The predicted molar refractivity (Wildman–Crippen MR) is 75.7 cm³/mol. The summed E-state index contributed by atoms with van der Waals surface area (Å²) in [5.74, 6) is 5.36. The fraction of sp³-hybridized carbons (Fsp3) is 0.400. The van der Waals surface area contributed by atoms with Gasteiger partial charge in [-0.15, -0.1) is 0 Å². The van der Waals surface area contributed by atoms with Crippen molar-refractivity contribution in [3.8, 4) is 17.9 Å². The molecule has 102 valence electrons. The van der Waals surface area contributed by atoms with Crippen molar-refractivity contribution in [3.63, 3.8) is 0 Å². The second-order valence-electron chi connectivity index (χ2n) is 5.25.